The highest BCUT2D eigenvalue weighted by molar-refractivity contribution is 5.79. The molecule has 5 heteroatoms. The Hall–Kier alpha value is -1.52. The zero-order chi connectivity index (χ0) is 12.5. The van der Waals surface area contributed by atoms with Gasteiger partial charge in [-0.3, -0.25) is 14.7 Å². The van der Waals surface area contributed by atoms with Gasteiger partial charge in [-0.2, -0.15) is 0 Å². The van der Waals surface area contributed by atoms with E-state index in [2.05, 4.69) is 10.2 Å². The molecule has 1 aromatic rings. The standard InChI is InChI=1S/C13H19N3O2/c17-12-10-8-16(7-6-11(10)14-15-12)13(18)9-4-2-1-3-5-9/h9H,1-8H2,(H2,14,15,17). The fraction of sp³-hybridized carbons (Fsp3) is 0.692. The molecule has 1 aliphatic heterocycles. The average Bonchev–Trinajstić information content (AvgIpc) is 2.80. The van der Waals surface area contributed by atoms with E-state index in [1.165, 1.54) is 19.3 Å². The first-order valence-corrected chi connectivity index (χ1v) is 6.83. The third-order valence-corrected chi connectivity index (χ3v) is 4.21. The van der Waals surface area contributed by atoms with Gasteiger partial charge in [-0.1, -0.05) is 19.3 Å². The molecule has 18 heavy (non-hydrogen) atoms. The minimum Gasteiger partial charge on any atom is -0.337 e. The van der Waals surface area contributed by atoms with Crippen LogP contribution in [0, 0.1) is 5.92 Å². The fourth-order valence-electron chi connectivity index (χ4n) is 3.11. The molecule has 0 radical (unpaired) electrons. The summed E-state index contributed by atoms with van der Waals surface area (Å²) in [6.45, 7) is 1.21. The van der Waals surface area contributed by atoms with E-state index >= 15 is 0 Å². The second-order valence-electron chi connectivity index (χ2n) is 5.38. The molecule has 98 valence electrons. The number of carbonyl (C=O) groups is 1. The van der Waals surface area contributed by atoms with Gasteiger partial charge in [-0.05, 0) is 12.8 Å². The number of carbonyl (C=O) groups excluding carboxylic acids is 1. The molecule has 0 saturated heterocycles. The molecular weight excluding hydrogens is 230 g/mol. The van der Waals surface area contributed by atoms with Crippen molar-refractivity contribution in [1.29, 1.82) is 0 Å². The average molecular weight is 249 g/mol. The van der Waals surface area contributed by atoms with Gasteiger partial charge in [0, 0.05) is 24.6 Å². The Morgan fingerprint density at radius 2 is 1.94 bits per heavy atom. The Labute approximate surface area is 106 Å². The zero-order valence-electron chi connectivity index (χ0n) is 10.5. The molecule has 1 amide bonds. The van der Waals surface area contributed by atoms with Crippen molar-refractivity contribution in [3.8, 4) is 0 Å². The number of fused-ring (bicyclic) bond motifs is 1. The molecule has 1 saturated carbocycles. The van der Waals surface area contributed by atoms with Crippen LogP contribution in [0.1, 0.15) is 43.4 Å². The summed E-state index contributed by atoms with van der Waals surface area (Å²) >= 11 is 0. The maximum Gasteiger partial charge on any atom is 0.269 e. The monoisotopic (exact) mass is 249 g/mol. The van der Waals surface area contributed by atoms with Crippen molar-refractivity contribution in [2.45, 2.75) is 45.1 Å². The van der Waals surface area contributed by atoms with Gasteiger partial charge in [0.05, 0.1) is 12.1 Å². The number of hydrogen-bond acceptors (Lipinski definition) is 2. The van der Waals surface area contributed by atoms with Crippen molar-refractivity contribution in [3.63, 3.8) is 0 Å². The van der Waals surface area contributed by atoms with Crippen molar-refractivity contribution in [2.24, 2.45) is 5.92 Å². The summed E-state index contributed by atoms with van der Waals surface area (Å²) in [7, 11) is 0. The maximum absolute atomic E-state index is 12.4. The molecule has 2 heterocycles. The van der Waals surface area contributed by atoms with E-state index < -0.39 is 0 Å². The molecule has 3 rings (SSSR count). The van der Waals surface area contributed by atoms with Gasteiger partial charge in [0.2, 0.25) is 5.91 Å². The summed E-state index contributed by atoms with van der Waals surface area (Å²) in [5, 5.41) is 5.49. The first-order chi connectivity index (χ1) is 8.75. The van der Waals surface area contributed by atoms with Crippen LogP contribution in [0.3, 0.4) is 0 Å². The third kappa shape index (κ3) is 1.98. The Morgan fingerprint density at radius 3 is 2.72 bits per heavy atom. The summed E-state index contributed by atoms with van der Waals surface area (Å²) < 4.78 is 0. The van der Waals surface area contributed by atoms with Crippen molar-refractivity contribution in [2.75, 3.05) is 6.54 Å². The van der Waals surface area contributed by atoms with Gasteiger partial charge in [0.15, 0.2) is 0 Å². The van der Waals surface area contributed by atoms with Crippen molar-refractivity contribution < 1.29 is 4.79 Å². The van der Waals surface area contributed by atoms with Gasteiger partial charge in [0.1, 0.15) is 0 Å². The fourth-order valence-corrected chi connectivity index (χ4v) is 3.11. The van der Waals surface area contributed by atoms with Crippen molar-refractivity contribution in [3.05, 3.63) is 21.6 Å². The predicted octanol–water partition coefficient (Wildman–Crippen LogP) is 1.17. The normalized spacial score (nSPS) is 20.8. The second-order valence-corrected chi connectivity index (χ2v) is 5.38. The van der Waals surface area contributed by atoms with Gasteiger partial charge in [-0.25, -0.2) is 0 Å². The van der Waals surface area contributed by atoms with Crippen LogP contribution in [-0.4, -0.2) is 27.5 Å². The molecule has 2 N–H and O–H groups in total. The van der Waals surface area contributed by atoms with Crippen LogP contribution in [0.4, 0.5) is 0 Å². The second kappa shape index (κ2) is 4.63. The first kappa shape index (κ1) is 11.6. The van der Waals surface area contributed by atoms with Gasteiger partial charge < -0.3 is 10.00 Å². The first-order valence-electron chi connectivity index (χ1n) is 6.83. The van der Waals surface area contributed by atoms with E-state index in [-0.39, 0.29) is 17.4 Å². The number of nitrogens with one attached hydrogen (secondary N) is 2. The molecule has 0 bridgehead atoms. The van der Waals surface area contributed by atoms with Crippen LogP contribution in [0.2, 0.25) is 0 Å². The van der Waals surface area contributed by atoms with Crippen molar-refractivity contribution in [1.82, 2.24) is 15.1 Å². The molecule has 0 aromatic carbocycles. The van der Waals surface area contributed by atoms with E-state index in [9.17, 15) is 9.59 Å². The highest BCUT2D eigenvalue weighted by Gasteiger charge is 2.29. The number of rotatable bonds is 1. The smallest absolute Gasteiger partial charge is 0.269 e. The molecular formula is C13H19N3O2. The lowest BCUT2D eigenvalue weighted by atomic mass is 9.88. The number of nitrogens with zero attached hydrogens (tertiary/aromatic N) is 1. The van der Waals surface area contributed by atoms with E-state index in [0.29, 0.717) is 6.54 Å². The quantitative estimate of drug-likeness (QED) is 0.784. The zero-order valence-corrected chi connectivity index (χ0v) is 10.5. The van der Waals surface area contributed by atoms with Crippen LogP contribution in [0.15, 0.2) is 4.79 Å². The van der Waals surface area contributed by atoms with Crippen LogP contribution >= 0.6 is 0 Å². The molecule has 1 fully saturated rings. The number of aromatic amines is 2. The SMILES string of the molecule is O=C(C1CCCCC1)N1CCc2[nH][nH]c(=O)c2C1. The number of H-pyrrole nitrogens is 2. The Kier molecular flexibility index (Phi) is 2.97. The summed E-state index contributed by atoms with van der Waals surface area (Å²) in [4.78, 5) is 25.8. The van der Waals surface area contributed by atoms with E-state index in [4.69, 9.17) is 0 Å². The lowest BCUT2D eigenvalue weighted by Crippen LogP contribution is -2.41. The lowest BCUT2D eigenvalue weighted by molar-refractivity contribution is -0.137. The minimum absolute atomic E-state index is 0.0776. The molecule has 2 aliphatic rings. The van der Waals surface area contributed by atoms with E-state index in [1.807, 2.05) is 4.90 Å². The van der Waals surface area contributed by atoms with Crippen LogP contribution in [0.25, 0.3) is 0 Å². The Balaban J connectivity index is 1.73. The predicted molar refractivity (Wildman–Crippen MR) is 67.1 cm³/mol. The molecule has 5 nitrogen and oxygen atoms in total. The topological polar surface area (TPSA) is 69.0 Å². The number of amides is 1. The van der Waals surface area contributed by atoms with E-state index in [1.54, 1.807) is 0 Å². The van der Waals surface area contributed by atoms with E-state index in [0.717, 1.165) is 37.1 Å². The third-order valence-electron chi connectivity index (χ3n) is 4.21. The highest BCUT2D eigenvalue weighted by Crippen LogP contribution is 2.27. The molecule has 0 unspecified atom stereocenters. The lowest BCUT2D eigenvalue weighted by Gasteiger charge is -2.31. The summed E-state index contributed by atoms with van der Waals surface area (Å²) in [6, 6.07) is 0. The van der Waals surface area contributed by atoms with Crippen LogP contribution in [0.5, 0.6) is 0 Å². The summed E-state index contributed by atoms with van der Waals surface area (Å²) in [6.07, 6.45) is 6.38. The highest BCUT2D eigenvalue weighted by atomic mass is 16.2. The van der Waals surface area contributed by atoms with Crippen LogP contribution in [-0.2, 0) is 17.8 Å². The van der Waals surface area contributed by atoms with Gasteiger partial charge >= 0.3 is 0 Å². The summed E-state index contributed by atoms with van der Waals surface area (Å²) in [5.41, 5.74) is 1.63. The van der Waals surface area contributed by atoms with Crippen LogP contribution < -0.4 is 5.56 Å². The minimum atomic E-state index is -0.0776. The number of aromatic nitrogens is 2. The summed E-state index contributed by atoms with van der Waals surface area (Å²) in [5.74, 6) is 0.444. The van der Waals surface area contributed by atoms with Gasteiger partial charge in [-0.15, -0.1) is 0 Å². The Morgan fingerprint density at radius 1 is 1.17 bits per heavy atom. The molecule has 0 spiro atoms. The maximum atomic E-state index is 12.4. The molecule has 1 aliphatic carbocycles. The van der Waals surface area contributed by atoms with Gasteiger partial charge in [0.25, 0.3) is 5.56 Å². The molecule has 1 aromatic heterocycles. The molecule has 0 atom stereocenters. The largest absolute Gasteiger partial charge is 0.337 e. The Bertz CT molecular complexity index is 497. The van der Waals surface area contributed by atoms with Crippen molar-refractivity contribution >= 4 is 5.91 Å². The number of hydrogen-bond donors (Lipinski definition) is 2.